The van der Waals surface area contributed by atoms with Crippen molar-refractivity contribution in [3.8, 4) is 11.5 Å². The normalized spacial score (nSPS) is 29.3. The molecule has 7 atom stereocenters. The van der Waals surface area contributed by atoms with E-state index in [9.17, 15) is 30.6 Å². The van der Waals surface area contributed by atoms with E-state index in [-0.39, 0.29) is 6.61 Å². The molecule has 0 aromatic heterocycles. The summed E-state index contributed by atoms with van der Waals surface area (Å²) >= 11 is 0. The Morgan fingerprint density at radius 3 is 2.38 bits per heavy atom. The topological polar surface area (TPSA) is 158 Å². The molecule has 1 fully saturated rings. The highest BCUT2D eigenvalue weighted by Crippen LogP contribution is 2.32. The summed E-state index contributed by atoms with van der Waals surface area (Å²) in [4.78, 5) is 0. The molecule has 0 radical (unpaired) electrons. The van der Waals surface area contributed by atoms with Crippen LogP contribution in [0.1, 0.15) is 25.0 Å². The quantitative estimate of drug-likeness (QED) is 0.270. The number of rotatable bonds is 10. The van der Waals surface area contributed by atoms with E-state index in [4.69, 9.17) is 18.9 Å². The number of ether oxygens (including phenoxy) is 4. The maximum atomic E-state index is 10.00. The van der Waals surface area contributed by atoms with Crippen LogP contribution in [0.2, 0.25) is 0 Å². The Labute approximate surface area is 168 Å². The zero-order valence-electron chi connectivity index (χ0n) is 16.4. The fourth-order valence-electron chi connectivity index (χ4n) is 2.94. The van der Waals surface area contributed by atoms with Crippen LogP contribution in [0.5, 0.6) is 11.5 Å². The van der Waals surface area contributed by atoms with Crippen molar-refractivity contribution in [3.05, 3.63) is 23.8 Å². The number of benzene rings is 1. The summed E-state index contributed by atoms with van der Waals surface area (Å²) in [5, 5.41) is 58.3. The molecule has 10 nitrogen and oxygen atoms in total. The Morgan fingerprint density at radius 2 is 1.79 bits per heavy atom. The maximum Gasteiger partial charge on any atom is 0.186 e. The Bertz CT molecular complexity index is 625. The Kier molecular flexibility index (Phi) is 9.05. The van der Waals surface area contributed by atoms with Gasteiger partial charge in [-0.25, -0.2) is 0 Å². The van der Waals surface area contributed by atoms with E-state index in [0.29, 0.717) is 23.5 Å². The summed E-state index contributed by atoms with van der Waals surface area (Å²) in [6, 6.07) is 4.92. The molecular formula is C19H30O10. The van der Waals surface area contributed by atoms with E-state index in [0.717, 1.165) is 0 Å². The number of methoxy groups -OCH3 is 1. The molecule has 10 heteroatoms. The van der Waals surface area contributed by atoms with Crippen molar-refractivity contribution in [3.63, 3.8) is 0 Å². The fraction of sp³-hybridized carbons (Fsp3) is 0.684. The molecule has 1 aliphatic heterocycles. The third-order valence-corrected chi connectivity index (χ3v) is 4.75. The first-order chi connectivity index (χ1) is 13.9. The Hall–Kier alpha value is -1.50. The standard InChI is InChI=1S/C19H30O10/c1-3-12(22)10-4-5-13(14(6-10)26-2)28-11(7-20)9-27-19-18(25)17(24)16(23)15(8-21)29-19/h4-6,11-12,15-25H,3,7-9H2,1-2H3/t11-,12+,15-,16-,17+,18-,19-/m1/s1. The van der Waals surface area contributed by atoms with Gasteiger partial charge in [0.2, 0.25) is 0 Å². The van der Waals surface area contributed by atoms with Gasteiger partial charge in [-0.15, -0.1) is 0 Å². The highest BCUT2D eigenvalue weighted by molar-refractivity contribution is 5.43. The van der Waals surface area contributed by atoms with Gasteiger partial charge in [-0.2, -0.15) is 0 Å². The first-order valence-electron chi connectivity index (χ1n) is 9.41. The molecule has 1 aromatic rings. The highest BCUT2D eigenvalue weighted by atomic mass is 16.7. The van der Waals surface area contributed by atoms with Crippen LogP contribution >= 0.6 is 0 Å². The van der Waals surface area contributed by atoms with Gasteiger partial charge in [0, 0.05) is 0 Å². The summed E-state index contributed by atoms with van der Waals surface area (Å²) in [6.45, 7) is 0.624. The molecule has 2 rings (SSSR count). The summed E-state index contributed by atoms with van der Waals surface area (Å²) in [6.07, 6.45) is -7.97. The summed E-state index contributed by atoms with van der Waals surface area (Å²) in [5.41, 5.74) is 0.662. The maximum absolute atomic E-state index is 10.00. The zero-order chi connectivity index (χ0) is 21.6. The van der Waals surface area contributed by atoms with Gasteiger partial charge < -0.3 is 49.6 Å². The predicted molar refractivity (Wildman–Crippen MR) is 99.5 cm³/mol. The van der Waals surface area contributed by atoms with Crippen LogP contribution in [0.4, 0.5) is 0 Å². The van der Waals surface area contributed by atoms with E-state index in [1.165, 1.54) is 7.11 Å². The van der Waals surface area contributed by atoms with Crippen LogP contribution in [0.25, 0.3) is 0 Å². The van der Waals surface area contributed by atoms with Crippen LogP contribution < -0.4 is 9.47 Å². The largest absolute Gasteiger partial charge is 0.493 e. The van der Waals surface area contributed by atoms with Crippen molar-refractivity contribution >= 4 is 0 Å². The van der Waals surface area contributed by atoms with Gasteiger partial charge in [0.05, 0.1) is 33.0 Å². The molecule has 29 heavy (non-hydrogen) atoms. The molecular weight excluding hydrogens is 388 g/mol. The van der Waals surface area contributed by atoms with E-state index < -0.39 is 56.1 Å². The number of hydrogen-bond acceptors (Lipinski definition) is 10. The van der Waals surface area contributed by atoms with Gasteiger partial charge in [0.25, 0.3) is 0 Å². The second kappa shape index (κ2) is 11.0. The van der Waals surface area contributed by atoms with Gasteiger partial charge in [0.1, 0.15) is 30.5 Å². The molecule has 0 unspecified atom stereocenters. The number of aliphatic hydroxyl groups is 6. The second-order valence-electron chi connectivity index (χ2n) is 6.79. The summed E-state index contributed by atoms with van der Waals surface area (Å²) in [7, 11) is 1.45. The van der Waals surface area contributed by atoms with Crippen molar-refractivity contribution in [1.82, 2.24) is 0 Å². The summed E-state index contributed by atoms with van der Waals surface area (Å²) < 4.78 is 21.6. The van der Waals surface area contributed by atoms with E-state index in [1.807, 2.05) is 6.92 Å². The molecule has 0 aliphatic carbocycles. The fourth-order valence-corrected chi connectivity index (χ4v) is 2.94. The summed E-state index contributed by atoms with van der Waals surface area (Å²) in [5.74, 6) is 0.678. The van der Waals surface area contributed by atoms with Gasteiger partial charge in [-0.1, -0.05) is 13.0 Å². The zero-order valence-corrected chi connectivity index (χ0v) is 16.4. The molecule has 1 heterocycles. The number of aliphatic hydroxyl groups excluding tert-OH is 6. The van der Waals surface area contributed by atoms with Crippen LogP contribution in [-0.4, -0.2) is 94.4 Å². The third-order valence-electron chi connectivity index (χ3n) is 4.75. The first-order valence-corrected chi connectivity index (χ1v) is 9.41. The molecule has 166 valence electrons. The van der Waals surface area contributed by atoms with Crippen molar-refractivity contribution in [2.24, 2.45) is 0 Å². The van der Waals surface area contributed by atoms with Crippen LogP contribution in [0.3, 0.4) is 0 Å². The van der Waals surface area contributed by atoms with Gasteiger partial charge >= 0.3 is 0 Å². The Balaban J connectivity index is 2.02. The van der Waals surface area contributed by atoms with E-state index in [2.05, 4.69) is 0 Å². The van der Waals surface area contributed by atoms with Crippen molar-refractivity contribution < 1.29 is 49.6 Å². The minimum absolute atomic E-state index is 0.221. The minimum Gasteiger partial charge on any atom is -0.493 e. The Morgan fingerprint density at radius 1 is 1.07 bits per heavy atom. The lowest BCUT2D eigenvalue weighted by Crippen LogP contribution is -2.59. The second-order valence-corrected chi connectivity index (χ2v) is 6.79. The third kappa shape index (κ3) is 5.77. The predicted octanol–water partition coefficient (Wildman–Crippen LogP) is -1.31. The molecule has 0 spiro atoms. The molecule has 1 aromatic carbocycles. The monoisotopic (exact) mass is 418 g/mol. The van der Waals surface area contributed by atoms with E-state index >= 15 is 0 Å². The average molecular weight is 418 g/mol. The van der Waals surface area contributed by atoms with Crippen molar-refractivity contribution in [2.45, 2.75) is 56.3 Å². The lowest BCUT2D eigenvalue weighted by Gasteiger charge is -2.39. The highest BCUT2D eigenvalue weighted by Gasteiger charge is 2.44. The smallest absolute Gasteiger partial charge is 0.186 e. The molecule has 0 bridgehead atoms. The SMILES string of the molecule is CC[C@H](O)c1ccc(O[C@H](CO)CO[C@@H]2O[C@H](CO)[C@@H](O)[C@H](O)[C@H]2O)c(OC)c1. The van der Waals surface area contributed by atoms with Crippen molar-refractivity contribution in [1.29, 1.82) is 0 Å². The van der Waals surface area contributed by atoms with Gasteiger partial charge in [-0.05, 0) is 24.1 Å². The lowest BCUT2D eigenvalue weighted by molar-refractivity contribution is -0.304. The van der Waals surface area contributed by atoms with Crippen LogP contribution in [-0.2, 0) is 9.47 Å². The number of hydrogen-bond donors (Lipinski definition) is 6. The molecule has 1 saturated heterocycles. The van der Waals surface area contributed by atoms with E-state index in [1.54, 1.807) is 18.2 Å². The van der Waals surface area contributed by atoms with Gasteiger partial charge in [-0.3, -0.25) is 0 Å². The van der Waals surface area contributed by atoms with Crippen LogP contribution in [0, 0.1) is 0 Å². The molecule has 0 amide bonds. The first kappa shape index (κ1) is 23.8. The van der Waals surface area contributed by atoms with Crippen molar-refractivity contribution in [2.75, 3.05) is 26.9 Å². The lowest BCUT2D eigenvalue weighted by atomic mass is 9.99. The molecule has 1 aliphatic rings. The molecule has 6 N–H and O–H groups in total. The average Bonchev–Trinajstić information content (AvgIpc) is 2.75. The minimum atomic E-state index is -1.56. The van der Waals surface area contributed by atoms with Crippen LogP contribution in [0.15, 0.2) is 18.2 Å². The van der Waals surface area contributed by atoms with Gasteiger partial charge in [0.15, 0.2) is 17.8 Å². The molecule has 0 saturated carbocycles.